The zero-order chi connectivity index (χ0) is 14.4. The smallest absolute Gasteiger partial charge is 0.356 e. The van der Waals surface area contributed by atoms with Gasteiger partial charge in [-0.3, -0.25) is 0 Å². The normalized spacial score (nSPS) is 14.6. The van der Waals surface area contributed by atoms with Crippen molar-refractivity contribution in [3.05, 3.63) is 46.3 Å². The van der Waals surface area contributed by atoms with E-state index >= 15 is 0 Å². The molecule has 3 rings (SSSR count). The van der Waals surface area contributed by atoms with Gasteiger partial charge in [0.1, 0.15) is 0 Å². The summed E-state index contributed by atoms with van der Waals surface area (Å²) in [5.74, 6) is -0.510. The van der Waals surface area contributed by atoms with Crippen molar-refractivity contribution >= 4 is 5.97 Å². The molecule has 0 unspecified atom stereocenters. The van der Waals surface area contributed by atoms with Crippen LogP contribution in [-0.2, 0) is 0 Å². The molecule has 0 bridgehead atoms. The molecule has 0 saturated heterocycles. The van der Waals surface area contributed by atoms with Crippen LogP contribution in [0.15, 0.2) is 18.2 Å². The predicted octanol–water partition coefficient (Wildman–Crippen LogP) is 3.37. The van der Waals surface area contributed by atoms with Crippen LogP contribution >= 0.6 is 0 Å². The van der Waals surface area contributed by atoms with E-state index in [1.807, 2.05) is 18.5 Å². The van der Waals surface area contributed by atoms with Gasteiger partial charge in [-0.15, -0.1) is 0 Å². The van der Waals surface area contributed by atoms with Crippen LogP contribution in [0.2, 0.25) is 0 Å². The van der Waals surface area contributed by atoms with Gasteiger partial charge in [0, 0.05) is 11.6 Å². The maximum absolute atomic E-state index is 11.2. The van der Waals surface area contributed by atoms with Crippen molar-refractivity contribution in [3.63, 3.8) is 0 Å². The molecule has 20 heavy (non-hydrogen) atoms. The first-order valence-corrected chi connectivity index (χ1v) is 6.89. The highest BCUT2D eigenvalue weighted by Gasteiger charge is 2.30. The van der Waals surface area contributed by atoms with E-state index in [0.29, 0.717) is 5.92 Å². The van der Waals surface area contributed by atoms with Crippen molar-refractivity contribution in [2.45, 2.75) is 39.5 Å². The number of nitrogens with zero attached hydrogens (tertiary/aromatic N) is 2. The van der Waals surface area contributed by atoms with E-state index in [2.05, 4.69) is 24.2 Å². The summed E-state index contributed by atoms with van der Waals surface area (Å²) in [7, 11) is 0. The van der Waals surface area contributed by atoms with Gasteiger partial charge in [-0.25, -0.2) is 9.48 Å². The number of hydrogen-bond donors (Lipinski definition) is 1. The molecule has 1 heterocycles. The number of carboxylic acid groups (broad SMARTS) is 1. The summed E-state index contributed by atoms with van der Waals surface area (Å²) < 4.78 is 1.84. The zero-order valence-electron chi connectivity index (χ0n) is 12.0. The molecule has 0 aliphatic heterocycles. The molecule has 0 amide bonds. The molecule has 4 heteroatoms. The minimum atomic E-state index is -0.965. The minimum Gasteiger partial charge on any atom is -0.476 e. The summed E-state index contributed by atoms with van der Waals surface area (Å²) in [5, 5.41) is 13.5. The molecule has 2 aromatic rings. The predicted molar refractivity (Wildman–Crippen MR) is 76.7 cm³/mol. The lowest BCUT2D eigenvalue weighted by atomic mass is 10.0. The Bertz CT molecular complexity index is 673. The van der Waals surface area contributed by atoms with Gasteiger partial charge in [0.2, 0.25) is 0 Å². The molecule has 1 aliphatic carbocycles. The number of aryl methyl sites for hydroxylation is 3. The fraction of sp³-hybridized carbons (Fsp3) is 0.375. The number of aromatic nitrogens is 2. The number of benzene rings is 1. The molecule has 1 saturated carbocycles. The third-order valence-electron chi connectivity index (χ3n) is 3.80. The lowest BCUT2D eigenvalue weighted by molar-refractivity contribution is 0.0690. The van der Waals surface area contributed by atoms with Crippen molar-refractivity contribution in [2.24, 2.45) is 0 Å². The van der Waals surface area contributed by atoms with E-state index in [1.165, 1.54) is 5.56 Å². The molecule has 1 aliphatic rings. The third-order valence-corrected chi connectivity index (χ3v) is 3.80. The Morgan fingerprint density at radius 2 is 1.80 bits per heavy atom. The van der Waals surface area contributed by atoms with Crippen LogP contribution in [0.1, 0.15) is 51.6 Å². The van der Waals surface area contributed by atoms with Gasteiger partial charge in [0.05, 0.1) is 5.69 Å². The van der Waals surface area contributed by atoms with E-state index < -0.39 is 5.97 Å². The van der Waals surface area contributed by atoms with Crippen molar-refractivity contribution in [1.82, 2.24) is 9.78 Å². The van der Waals surface area contributed by atoms with Gasteiger partial charge in [0.25, 0.3) is 0 Å². The molecule has 0 spiro atoms. The summed E-state index contributed by atoms with van der Waals surface area (Å²) in [5.41, 5.74) is 5.64. The van der Waals surface area contributed by atoms with Crippen molar-refractivity contribution in [3.8, 4) is 5.69 Å². The average molecular weight is 270 g/mol. The maximum atomic E-state index is 11.2. The third kappa shape index (κ3) is 2.11. The number of carbonyl (C=O) groups is 1. The van der Waals surface area contributed by atoms with Crippen LogP contribution in [0.4, 0.5) is 0 Å². The second kappa shape index (κ2) is 4.47. The fourth-order valence-corrected chi connectivity index (χ4v) is 2.86. The van der Waals surface area contributed by atoms with E-state index in [1.54, 1.807) is 6.07 Å². The maximum Gasteiger partial charge on any atom is 0.356 e. The summed E-state index contributed by atoms with van der Waals surface area (Å²) >= 11 is 0. The summed E-state index contributed by atoms with van der Waals surface area (Å²) in [4.78, 5) is 11.2. The lowest BCUT2D eigenvalue weighted by Crippen LogP contribution is -2.07. The molecule has 0 atom stereocenters. The van der Waals surface area contributed by atoms with Gasteiger partial charge < -0.3 is 5.11 Å². The standard InChI is InChI=1S/C16H18N2O2/c1-9-6-10(2)15(11(3)7-9)18-14(12-4-5-12)8-13(17-18)16(19)20/h6-8,12H,4-5H2,1-3H3,(H,19,20). The summed E-state index contributed by atoms with van der Waals surface area (Å²) in [6, 6.07) is 5.95. The fourth-order valence-electron chi connectivity index (χ4n) is 2.86. The first kappa shape index (κ1) is 12.9. The molecular formula is C16H18N2O2. The van der Waals surface area contributed by atoms with E-state index in [9.17, 15) is 9.90 Å². The summed E-state index contributed by atoms with van der Waals surface area (Å²) in [6.45, 7) is 6.17. The molecule has 0 radical (unpaired) electrons. The second-order valence-electron chi connectivity index (χ2n) is 5.69. The van der Waals surface area contributed by atoms with E-state index in [0.717, 1.165) is 35.3 Å². The van der Waals surface area contributed by atoms with Crippen LogP contribution in [0.5, 0.6) is 0 Å². The van der Waals surface area contributed by atoms with Crippen LogP contribution in [0, 0.1) is 20.8 Å². The molecule has 1 fully saturated rings. The number of carboxylic acids is 1. The van der Waals surface area contributed by atoms with Crippen molar-refractivity contribution in [1.29, 1.82) is 0 Å². The van der Waals surface area contributed by atoms with Crippen LogP contribution in [0.3, 0.4) is 0 Å². The Kier molecular flexibility index (Phi) is 2.89. The molecule has 1 aromatic carbocycles. The largest absolute Gasteiger partial charge is 0.476 e. The Morgan fingerprint density at radius 3 is 2.30 bits per heavy atom. The Morgan fingerprint density at radius 1 is 1.20 bits per heavy atom. The average Bonchev–Trinajstić information content (AvgIpc) is 3.09. The number of aromatic carboxylic acids is 1. The molecule has 104 valence electrons. The lowest BCUT2D eigenvalue weighted by Gasteiger charge is -2.14. The van der Waals surface area contributed by atoms with Crippen LogP contribution < -0.4 is 0 Å². The molecule has 4 nitrogen and oxygen atoms in total. The minimum absolute atomic E-state index is 0.131. The van der Waals surface area contributed by atoms with Crippen molar-refractivity contribution in [2.75, 3.05) is 0 Å². The van der Waals surface area contributed by atoms with E-state index in [-0.39, 0.29) is 5.69 Å². The first-order valence-electron chi connectivity index (χ1n) is 6.89. The monoisotopic (exact) mass is 270 g/mol. The van der Waals surface area contributed by atoms with Crippen LogP contribution in [-0.4, -0.2) is 20.9 Å². The van der Waals surface area contributed by atoms with E-state index in [4.69, 9.17) is 0 Å². The summed E-state index contributed by atoms with van der Waals surface area (Å²) in [6.07, 6.45) is 2.24. The van der Waals surface area contributed by atoms with Gasteiger partial charge >= 0.3 is 5.97 Å². The number of rotatable bonds is 3. The SMILES string of the molecule is Cc1cc(C)c(-n2nc(C(=O)O)cc2C2CC2)c(C)c1. The highest BCUT2D eigenvalue weighted by molar-refractivity contribution is 5.85. The van der Waals surface area contributed by atoms with Gasteiger partial charge in [-0.2, -0.15) is 5.10 Å². The highest BCUT2D eigenvalue weighted by atomic mass is 16.4. The second-order valence-corrected chi connectivity index (χ2v) is 5.69. The molecule has 1 aromatic heterocycles. The highest BCUT2D eigenvalue weighted by Crippen LogP contribution is 2.41. The topological polar surface area (TPSA) is 55.1 Å². The first-order chi connectivity index (χ1) is 9.47. The van der Waals surface area contributed by atoms with Gasteiger partial charge in [-0.1, -0.05) is 17.7 Å². The molecular weight excluding hydrogens is 252 g/mol. The Balaban J connectivity index is 2.21. The Labute approximate surface area is 118 Å². The van der Waals surface area contributed by atoms with Crippen molar-refractivity contribution < 1.29 is 9.90 Å². The van der Waals surface area contributed by atoms with Gasteiger partial charge in [0.15, 0.2) is 5.69 Å². The molecule has 1 N–H and O–H groups in total. The van der Waals surface area contributed by atoms with Crippen LogP contribution in [0.25, 0.3) is 5.69 Å². The number of hydrogen-bond acceptors (Lipinski definition) is 2. The zero-order valence-corrected chi connectivity index (χ0v) is 12.0. The van der Waals surface area contributed by atoms with Gasteiger partial charge in [-0.05, 0) is 50.8 Å². The quantitative estimate of drug-likeness (QED) is 0.930. The Hall–Kier alpha value is -2.10.